The minimum atomic E-state index is -0.115. The SMILES string of the molecule is COC[C@H](C)n1ccc(NC(=O)N2CCCC[C@@H]2c2ccnn2C)n1. The number of piperidine rings is 1. The topological polar surface area (TPSA) is 77.2 Å². The first-order valence-electron chi connectivity index (χ1n) is 8.69. The van der Waals surface area contributed by atoms with E-state index < -0.39 is 0 Å². The van der Waals surface area contributed by atoms with Crippen molar-refractivity contribution < 1.29 is 9.53 Å². The fraction of sp³-hybridized carbons (Fsp3) is 0.588. The number of aryl methyl sites for hydroxylation is 1. The summed E-state index contributed by atoms with van der Waals surface area (Å²) in [6, 6.07) is 3.85. The molecule has 25 heavy (non-hydrogen) atoms. The Morgan fingerprint density at radius 2 is 2.28 bits per heavy atom. The highest BCUT2D eigenvalue weighted by atomic mass is 16.5. The number of methoxy groups -OCH3 is 1. The number of aromatic nitrogens is 4. The van der Waals surface area contributed by atoms with Gasteiger partial charge in [-0.25, -0.2) is 4.79 Å². The summed E-state index contributed by atoms with van der Waals surface area (Å²) in [6.45, 7) is 3.33. The number of rotatable bonds is 5. The average molecular weight is 346 g/mol. The Morgan fingerprint density at radius 3 is 3.00 bits per heavy atom. The quantitative estimate of drug-likeness (QED) is 0.903. The van der Waals surface area contributed by atoms with E-state index in [4.69, 9.17) is 4.74 Å². The van der Waals surface area contributed by atoms with E-state index >= 15 is 0 Å². The molecule has 136 valence electrons. The lowest BCUT2D eigenvalue weighted by Gasteiger charge is -2.35. The molecule has 0 spiro atoms. The summed E-state index contributed by atoms with van der Waals surface area (Å²) in [7, 11) is 3.58. The van der Waals surface area contributed by atoms with Crippen LogP contribution in [0.15, 0.2) is 24.5 Å². The van der Waals surface area contributed by atoms with Crippen LogP contribution in [0.4, 0.5) is 10.6 Å². The highest BCUT2D eigenvalue weighted by Crippen LogP contribution is 2.30. The van der Waals surface area contributed by atoms with Gasteiger partial charge in [0.15, 0.2) is 5.82 Å². The summed E-state index contributed by atoms with van der Waals surface area (Å²) in [4.78, 5) is 14.7. The van der Waals surface area contributed by atoms with Gasteiger partial charge in [-0.1, -0.05) is 0 Å². The number of hydrogen-bond acceptors (Lipinski definition) is 4. The third kappa shape index (κ3) is 3.84. The van der Waals surface area contributed by atoms with Crippen molar-refractivity contribution in [2.45, 2.75) is 38.3 Å². The number of carbonyl (C=O) groups excluding carboxylic acids is 1. The molecule has 0 bridgehead atoms. The molecule has 0 unspecified atom stereocenters. The molecule has 1 saturated heterocycles. The predicted molar refractivity (Wildman–Crippen MR) is 94.3 cm³/mol. The van der Waals surface area contributed by atoms with Crippen LogP contribution in [-0.2, 0) is 11.8 Å². The number of carbonyl (C=O) groups is 1. The smallest absolute Gasteiger partial charge is 0.323 e. The van der Waals surface area contributed by atoms with Crippen molar-refractivity contribution in [3.8, 4) is 0 Å². The fourth-order valence-electron chi connectivity index (χ4n) is 3.34. The third-order valence-electron chi connectivity index (χ3n) is 4.67. The van der Waals surface area contributed by atoms with Gasteiger partial charge in [0.05, 0.1) is 24.4 Å². The Morgan fingerprint density at radius 1 is 1.44 bits per heavy atom. The molecule has 0 aliphatic carbocycles. The van der Waals surface area contributed by atoms with Crippen molar-refractivity contribution in [3.63, 3.8) is 0 Å². The van der Waals surface area contributed by atoms with Gasteiger partial charge in [0.1, 0.15) is 0 Å². The molecule has 0 aromatic carbocycles. The molecule has 0 saturated carbocycles. The monoisotopic (exact) mass is 346 g/mol. The summed E-state index contributed by atoms with van der Waals surface area (Å²) >= 11 is 0. The number of ether oxygens (including phenoxy) is 1. The second-order valence-corrected chi connectivity index (χ2v) is 6.50. The van der Waals surface area contributed by atoms with Gasteiger partial charge in [-0.3, -0.25) is 14.7 Å². The van der Waals surface area contributed by atoms with Crippen molar-refractivity contribution in [1.82, 2.24) is 24.5 Å². The van der Waals surface area contributed by atoms with Crippen molar-refractivity contribution >= 4 is 11.8 Å². The molecule has 1 N–H and O–H groups in total. The maximum atomic E-state index is 12.8. The number of likely N-dealkylation sites (tertiary alicyclic amines) is 1. The van der Waals surface area contributed by atoms with Crippen LogP contribution in [0.3, 0.4) is 0 Å². The standard InChI is InChI=1S/C17H26N6O2/c1-13(12-25-3)23-11-8-16(20-23)19-17(24)22-10-5-4-6-15(22)14-7-9-18-21(14)2/h7-9,11,13,15H,4-6,10,12H2,1-3H3,(H,19,20,24)/t13-,15+/m0/s1. The van der Waals surface area contributed by atoms with Crippen LogP contribution in [-0.4, -0.2) is 50.8 Å². The molecule has 1 fully saturated rings. The second-order valence-electron chi connectivity index (χ2n) is 6.50. The molecule has 0 radical (unpaired) electrons. The number of nitrogens with zero attached hydrogens (tertiary/aromatic N) is 5. The van der Waals surface area contributed by atoms with Gasteiger partial charge in [-0.05, 0) is 32.3 Å². The fourth-order valence-corrected chi connectivity index (χ4v) is 3.34. The van der Waals surface area contributed by atoms with Crippen LogP contribution in [0.25, 0.3) is 0 Å². The largest absolute Gasteiger partial charge is 0.382 e. The van der Waals surface area contributed by atoms with Crippen molar-refractivity contribution in [2.24, 2.45) is 7.05 Å². The molecule has 2 atom stereocenters. The van der Waals surface area contributed by atoms with E-state index in [0.717, 1.165) is 31.5 Å². The van der Waals surface area contributed by atoms with E-state index in [2.05, 4.69) is 15.5 Å². The van der Waals surface area contributed by atoms with Gasteiger partial charge >= 0.3 is 6.03 Å². The predicted octanol–water partition coefficient (Wildman–Crippen LogP) is 2.58. The van der Waals surface area contributed by atoms with E-state index in [1.807, 2.05) is 41.9 Å². The third-order valence-corrected chi connectivity index (χ3v) is 4.67. The molecule has 3 rings (SSSR count). The van der Waals surface area contributed by atoms with Gasteiger partial charge < -0.3 is 9.64 Å². The Labute approximate surface area is 147 Å². The lowest BCUT2D eigenvalue weighted by molar-refractivity contribution is 0.156. The van der Waals surface area contributed by atoms with Gasteiger partial charge in [-0.15, -0.1) is 0 Å². The zero-order chi connectivity index (χ0) is 17.8. The first-order chi connectivity index (χ1) is 12.1. The number of anilines is 1. The van der Waals surface area contributed by atoms with E-state index in [0.29, 0.717) is 12.4 Å². The Kier molecular flexibility index (Phi) is 5.37. The van der Waals surface area contributed by atoms with Crippen molar-refractivity contribution in [2.75, 3.05) is 25.6 Å². The van der Waals surface area contributed by atoms with Gasteiger partial charge in [0.2, 0.25) is 0 Å². The Bertz CT molecular complexity index is 710. The minimum Gasteiger partial charge on any atom is -0.382 e. The summed E-state index contributed by atoms with van der Waals surface area (Å²) in [6.07, 6.45) is 6.71. The van der Waals surface area contributed by atoms with Crippen LogP contribution >= 0.6 is 0 Å². The van der Waals surface area contributed by atoms with Crippen molar-refractivity contribution in [1.29, 1.82) is 0 Å². The van der Waals surface area contributed by atoms with E-state index in [1.165, 1.54) is 0 Å². The summed E-state index contributed by atoms with van der Waals surface area (Å²) < 4.78 is 8.79. The number of nitrogens with one attached hydrogen (secondary N) is 1. The summed E-state index contributed by atoms with van der Waals surface area (Å²) in [5, 5.41) is 11.6. The minimum absolute atomic E-state index is 0.0516. The number of amides is 2. The summed E-state index contributed by atoms with van der Waals surface area (Å²) in [5.74, 6) is 0.558. The lowest BCUT2D eigenvalue weighted by atomic mass is 10.00. The maximum absolute atomic E-state index is 12.8. The number of urea groups is 1. The van der Waals surface area contributed by atoms with E-state index in [1.54, 1.807) is 18.0 Å². The van der Waals surface area contributed by atoms with E-state index in [-0.39, 0.29) is 18.1 Å². The van der Waals surface area contributed by atoms with Crippen LogP contribution in [0.2, 0.25) is 0 Å². The van der Waals surface area contributed by atoms with Crippen molar-refractivity contribution in [3.05, 3.63) is 30.2 Å². The highest BCUT2D eigenvalue weighted by molar-refractivity contribution is 5.88. The molecule has 8 nitrogen and oxygen atoms in total. The molecule has 2 aromatic rings. The maximum Gasteiger partial charge on any atom is 0.323 e. The van der Waals surface area contributed by atoms with Crippen LogP contribution < -0.4 is 5.32 Å². The van der Waals surface area contributed by atoms with E-state index in [9.17, 15) is 4.79 Å². The summed E-state index contributed by atoms with van der Waals surface area (Å²) in [5.41, 5.74) is 1.06. The van der Waals surface area contributed by atoms with Gasteiger partial charge in [0.25, 0.3) is 0 Å². The first-order valence-corrected chi connectivity index (χ1v) is 8.69. The molecular formula is C17H26N6O2. The molecular weight excluding hydrogens is 320 g/mol. The molecule has 8 heteroatoms. The van der Waals surface area contributed by atoms with Gasteiger partial charge in [-0.2, -0.15) is 10.2 Å². The van der Waals surface area contributed by atoms with Crippen LogP contribution in [0, 0.1) is 0 Å². The van der Waals surface area contributed by atoms with Crippen LogP contribution in [0.1, 0.15) is 44.0 Å². The second kappa shape index (κ2) is 7.69. The molecule has 3 heterocycles. The number of hydrogen-bond donors (Lipinski definition) is 1. The molecule has 1 aliphatic rings. The zero-order valence-electron chi connectivity index (χ0n) is 15.1. The lowest BCUT2D eigenvalue weighted by Crippen LogP contribution is -2.41. The Hall–Kier alpha value is -2.35. The van der Waals surface area contributed by atoms with Crippen LogP contribution in [0.5, 0.6) is 0 Å². The van der Waals surface area contributed by atoms with Gasteiger partial charge in [0, 0.05) is 39.2 Å². The molecule has 2 amide bonds. The normalized spacial score (nSPS) is 19.0. The Balaban J connectivity index is 1.70. The average Bonchev–Trinajstić information content (AvgIpc) is 3.24. The first kappa shape index (κ1) is 17.5. The zero-order valence-corrected chi connectivity index (χ0v) is 15.1. The molecule has 2 aromatic heterocycles. The highest BCUT2D eigenvalue weighted by Gasteiger charge is 2.30. The molecule has 1 aliphatic heterocycles.